The van der Waals surface area contributed by atoms with Crippen LogP contribution in [0.1, 0.15) is 47.0 Å². The van der Waals surface area contributed by atoms with Gasteiger partial charge in [0.2, 0.25) is 0 Å². The fourth-order valence-corrected chi connectivity index (χ4v) is 3.83. The molecule has 0 radical (unpaired) electrons. The van der Waals surface area contributed by atoms with Gasteiger partial charge < -0.3 is 4.57 Å². The second-order valence-corrected chi connectivity index (χ2v) is 7.71. The van der Waals surface area contributed by atoms with Gasteiger partial charge in [-0.25, -0.2) is 4.68 Å². The van der Waals surface area contributed by atoms with Crippen molar-refractivity contribution in [2.24, 2.45) is 7.05 Å². The summed E-state index contributed by atoms with van der Waals surface area (Å²) in [7, 11) is 1.86. The molecular formula is C24H25N5O3. The molecule has 0 spiro atoms. The third-order valence-corrected chi connectivity index (χ3v) is 5.49. The third kappa shape index (κ3) is 3.99. The first-order chi connectivity index (χ1) is 15.5. The van der Waals surface area contributed by atoms with E-state index in [0.717, 1.165) is 30.2 Å². The SMILES string of the molecule is CCCCCn1nc(C(=O)NNC(=O)c2cn(C)c3ccccc23)c2ccccc2c1=O. The first kappa shape index (κ1) is 21.3. The molecule has 32 heavy (non-hydrogen) atoms. The van der Waals surface area contributed by atoms with Crippen molar-refractivity contribution in [1.29, 1.82) is 0 Å². The zero-order valence-corrected chi connectivity index (χ0v) is 18.1. The first-order valence-electron chi connectivity index (χ1n) is 10.7. The van der Waals surface area contributed by atoms with Gasteiger partial charge in [0, 0.05) is 36.1 Å². The van der Waals surface area contributed by atoms with Gasteiger partial charge >= 0.3 is 0 Å². The van der Waals surface area contributed by atoms with E-state index in [4.69, 9.17) is 0 Å². The number of rotatable bonds is 6. The highest BCUT2D eigenvalue weighted by molar-refractivity contribution is 6.09. The number of nitrogens with zero attached hydrogens (tertiary/aromatic N) is 3. The highest BCUT2D eigenvalue weighted by Crippen LogP contribution is 2.20. The zero-order chi connectivity index (χ0) is 22.7. The Labute approximate surface area is 184 Å². The summed E-state index contributed by atoms with van der Waals surface area (Å²) >= 11 is 0. The summed E-state index contributed by atoms with van der Waals surface area (Å²) in [6.45, 7) is 2.51. The number of benzene rings is 2. The Bertz CT molecular complexity index is 1370. The number of carbonyl (C=O) groups excluding carboxylic acids is 2. The predicted molar refractivity (Wildman–Crippen MR) is 123 cm³/mol. The largest absolute Gasteiger partial charge is 0.350 e. The molecular weight excluding hydrogens is 406 g/mol. The van der Waals surface area contributed by atoms with Gasteiger partial charge in [0.05, 0.1) is 10.9 Å². The van der Waals surface area contributed by atoms with Crippen molar-refractivity contribution in [3.05, 3.63) is 76.3 Å². The zero-order valence-electron chi connectivity index (χ0n) is 18.1. The van der Waals surface area contributed by atoms with E-state index < -0.39 is 11.8 Å². The number of carbonyl (C=O) groups is 2. The lowest BCUT2D eigenvalue weighted by atomic mass is 10.1. The molecule has 0 atom stereocenters. The number of aryl methyl sites for hydroxylation is 2. The fraction of sp³-hybridized carbons (Fsp3) is 0.250. The average Bonchev–Trinajstić information content (AvgIpc) is 3.16. The molecule has 0 saturated heterocycles. The van der Waals surface area contributed by atoms with Crippen molar-refractivity contribution in [2.75, 3.05) is 0 Å². The van der Waals surface area contributed by atoms with Gasteiger partial charge in [0.15, 0.2) is 5.69 Å². The number of nitrogens with one attached hydrogen (secondary N) is 2. The van der Waals surface area contributed by atoms with Gasteiger partial charge in [-0.15, -0.1) is 0 Å². The molecule has 0 aliphatic heterocycles. The second-order valence-electron chi connectivity index (χ2n) is 7.71. The Morgan fingerprint density at radius 3 is 2.31 bits per heavy atom. The quantitative estimate of drug-likeness (QED) is 0.362. The normalized spacial score (nSPS) is 11.1. The van der Waals surface area contributed by atoms with Crippen LogP contribution in [0.4, 0.5) is 0 Å². The van der Waals surface area contributed by atoms with E-state index >= 15 is 0 Å². The van der Waals surface area contributed by atoms with Gasteiger partial charge in [0.25, 0.3) is 17.4 Å². The average molecular weight is 431 g/mol. The topological polar surface area (TPSA) is 98.0 Å². The Kier molecular flexibility index (Phi) is 6.02. The second kappa shape index (κ2) is 9.05. The van der Waals surface area contributed by atoms with Crippen LogP contribution in [0.3, 0.4) is 0 Å². The lowest BCUT2D eigenvalue weighted by Crippen LogP contribution is -2.42. The number of hydrogen-bond acceptors (Lipinski definition) is 4. The summed E-state index contributed by atoms with van der Waals surface area (Å²) in [4.78, 5) is 38.5. The van der Waals surface area contributed by atoms with Crippen LogP contribution in [0.5, 0.6) is 0 Å². The minimum absolute atomic E-state index is 0.0925. The molecule has 164 valence electrons. The number of hydrogen-bond donors (Lipinski definition) is 2. The van der Waals surface area contributed by atoms with Crippen molar-refractivity contribution in [3.8, 4) is 0 Å². The molecule has 0 saturated carbocycles. The van der Waals surface area contributed by atoms with Crippen LogP contribution in [0.25, 0.3) is 21.7 Å². The Morgan fingerprint density at radius 1 is 0.906 bits per heavy atom. The highest BCUT2D eigenvalue weighted by Gasteiger charge is 2.19. The molecule has 2 amide bonds. The minimum Gasteiger partial charge on any atom is -0.350 e. The Morgan fingerprint density at radius 2 is 1.56 bits per heavy atom. The summed E-state index contributed by atoms with van der Waals surface area (Å²) in [5, 5.41) is 5.97. The molecule has 8 heteroatoms. The van der Waals surface area contributed by atoms with E-state index in [9.17, 15) is 14.4 Å². The summed E-state index contributed by atoms with van der Waals surface area (Å²) in [5.41, 5.74) is 6.15. The van der Waals surface area contributed by atoms with E-state index in [0.29, 0.717) is 22.9 Å². The fourth-order valence-electron chi connectivity index (χ4n) is 3.83. The Hall–Kier alpha value is -3.94. The molecule has 2 aromatic carbocycles. The number of unbranched alkanes of at least 4 members (excludes halogenated alkanes) is 2. The van der Waals surface area contributed by atoms with Gasteiger partial charge in [-0.1, -0.05) is 56.2 Å². The maximum atomic E-state index is 12.9. The summed E-state index contributed by atoms with van der Waals surface area (Å²) in [5.74, 6) is -1.02. The van der Waals surface area contributed by atoms with E-state index in [1.54, 1.807) is 30.5 Å². The molecule has 8 nitrogen and oxygen atoms in total. The number of fused-ring (bicyclic) bond motifs is 2. The van der Waals surface area contributed by atoms with Crippen molar-refractivity contribution in [1.82, 2.24) is 25.2 Å². The van der Waals surface area contributed by atoms with Crippen LogP contribution in [-0.4, -0.2) is 26.2 Å². The van der Waals surface area contributed by atoms with Crippen molar-refractivity contribution < 1.29 is 9.59 Å². The maximum absolute atomic E-state index is 12.9. The molecule has 0 fully saturated rings. The minimum atomic E-state index is -0.584. The monoisotopic (exact) mass is 431 g/mol. The van der Waals surface area contributed by atoms with Crippen LogP contribution >= 0.6 is 0 Å². The maximum Gasteiger partial charge on any atom is 0.290 e. The van der Waals surface area contributed by atoms with E-state index in [-0.39, 0.29) is 11.3 Å². The van der Waals surface area contributed by atoms with E-state index in [1.165, 1.54) is 4.68 Å². The number of amides is 2. The van der Waals surface area contributed by atoms with Gasteiger partial charge in [-0.2, -0.15) is 5.10 Å². The summed E-state index contributed by atoms with van der Waals surface area (Å²) in [6.07, 6.45) is 4.48. The summed E-state index contributed by atoms with van der Waals surface area (Å²) < 4.78 is 3.19. The lowest BCUT2D eigenvalue weighted by molar-refractivity contribution is 0.0844. The van der Waals surface area contributed by atoms with Gasteiger partial charge in [-0.05, 0) is 18.6 Å². The van der Waals surface area contributed by atoms with Crippen molar-refractivity contribution >= 4 is 33.5 Å². The molecule has 0 aliphatic rings. The number of para-hydroxylation sites is 1. The molecule has 2 N–H and O–H groups in total. The highest BCUT2D eigenvalue weighted by atomic mass is 16.2. The predicted octanol–water partition coefficient (Wildman–Crippen LogP) is 3.15. The molecule has 0 unspecified atom stereocenters. The smallest absolute Gasteiger partial charge is 0.290 e. The standard InChI is InChI=1S/C24H25N5O3/c1-3-4-9-14-29-24(32)18-12-6-5-11-17(18)21(27-29)23(31)26-25-22(30)19-15-28(2)20-13-8-7-10-16(19)20/h5-8,10-13,15H,3-4,9,14H2,1-2H3,(H,25,30)(H,26,31). The van der Waals surface area contributed by atoms with Gasteiger partial charge in [0.1, 0.15) is 0 Å². The van der Waals surface area contributed by atoms with Gasteiger partial charge in [-0.3, -0.25) is 25.2 Å². The van der Waals surface area contributed by atoms with Crippen LogP contribution in [0, 0.1) is 0 Å². The molecule has 2 heterocycles. The summed E-state index contributed by atoms with van der Waals surface area (Å²) in [6, 6.07) is 14.4. The third-order valence-electron chi connectivity index (χ3n) is 5.49. The molecule has 0 bridgehead atoms. The Balaban J connectivity index is 1.60. The lowest BCUT2D eigenvalue weighted by Gasteiger charge is -2.11. The van der Waals surface area contributed by atoms with E-state index in [1.807, 2.05) is 35.9 Å². The van der Waals surface area contributed by atoms with Crippen LogP contribution < -0.4 is 16.4 Å². The van der Waals surface area contributed by atoms with Crippen LogP contribution in [-0.2, 0) is 13.6 Å². The molecule has 4 aromatic rings. The molecule has 4 rings (SSSR count). The molecule has 0 aliphatic carbocycles. The van der Waals surface area contributed by atoms with Crippen LogP contribution in [0.2, 0.25) is 0 Å². The number of hydrazine groups is 1. The van der Waals surface area contributed by atoms with Crippen molar-refractivity contribution in [2.45, 2.75) is 32.7 Å². The molecule has 2 aromatic heterocycles. The van der Waals surface area contributed by atoms with E-state index in [2.05, 4.69) is 22.9 Å². The van der Waals surface area contributed by atoms with Crippen LogP contribution in [0.15, 0.2) is 59.5 Å². The van der Waals surface area contributed by atoms with Crippen molar-refractivity contribution in [3.63, 3.8) is 0 Å². The first-order valence-corrected chi connectivity index (χ1v) is 10.7. The number of aromatic nitrogens is 3.